The Kier molecular flexibility index (Phi) is 9.51. The van der Waals surface area contributed by atoms with E-state index < -0.39 is 11.8 Å². The maximum atomic E-state index is 13.3. The first-order chi connectivity index (χ1) is 21.0. The second kappa shape index (κ2) is 14.0. The molecule has 214 valence electrons. The molecule has 0 spiro atoms. The minimum Gasteiger partial charge on any atom is -0.497 e. The van der Waals surface area contributed by atoms with Gasteiger partial charge in [0, 0.05) is 21.8 Å². The number of methoxy groups -OCH3 is 1. The number of carbonyl (C=O) groups is 3. The van der Waals surface area contributed by atoms with Gasteiger partial charge in [-0.25, -0.2) is 0 Å². The third kappa shape index (κ3) is 8.12. The largest absolute Gasteiger partial charge is 0.497 e. The summed E-state index contributed by atoms with van der Waals surface area (Å²) in [4.78, 5) is 39.6. The Bertz CT molecular complexity index is 1770. The molecule has 0 atom stereocenters. The molecule has 5 aromatic rings. The highest BCUT2D eigenvalue weighted by Crippen LogP contribution is 2.23. The average Bonchev–Trinajstić information content (AvgIpc) is 3.04. The monoisotopic (exact) mass is 587 g/mol. The van der Waals surface area contributed by atoms with Gasteiger partial charge in [-0.2, -0.15) is 0 Å². The summed E-state index contributed by atoms with van der Waals surface area (Å²) in [5.41, 5.74) is 2.53. The molecule has 0 aliphatic heterocycles. The van der Waals surface area contributed by atoms with Gasteiger partial charge >= 0.3 is 0 Å². The predicted octanol–water partition coefficient (Wildman–Crippen LogP) is 6.99. The molecule has 5 rings (SSSR count). The molecule has 0 saturated heterocycles. The maximum Gasteiger partial charge on any atom is 0.272 e. The van der Waals surface area contributed by atoms with Crippen LogP contribution in [0.1, 0.15) is 15.9 Å². The summed E-state index contributed by atoms with van der Waals surface area (Å²) in [7, 11) is 1.58. The van der Waals surface area contributed by atoms with E-state index >= 15 is 0 Å². The van der Waals surface area contributed by atoms with Crippen LogP contribution in [0.2, 0.25) is 0 Å². The van der Waals surface area contributed by atoms with Gasteiger partial charge in [0.05, 0.1) is 12.9 Å². The van der Waals surface area contributed by atoms with Crippen LogP contribution in [-0.4, -0.2) is 30.6 Å². The van der Waals surface area contributed by atoms with Gasteiger partial charge in [-0.05, 0) is 83.1 Å². The normalized spacial score (nSPS) is 11.0. The molecule has 8 heteroatoms. The van der Waals surface area contributed by atoms with Crippen LogP contribution in [0.5, 0.6) is 5.75 Å². The van der Waals surface area contributed by atoms with E-state index in [4.69, 9.17) is 4.74 Å². The van der Waals surface area contributed by atoms with E-state index in [1.807, 2.05) is 60.7 Å². The van der Waals surface area contributed by atoms with Crippen molar-refractivity contribution in [2.75, 3.05) is 23.5 Å². The summed E-state index contributed by atoms with van der Waals surface area (Å²) >= 11 is 1.39. The fraction of sp³-hybridized carbons (Fsp3) is 0.0571. The van der Waals surface area contributed by atoms with E-state index in [1.54, 1.807) is 73.8 Å². The molecule has 0 bridgehead atoms. The van der Waals surface area contributed by atoms with Crippen LogP contribution < -0.4 is 20.7 Å². The number of ether oxygens (including phenoxy) is 1. The van der Waals surface area contributed by atoms with Gasteiger partial charge in [0.1, 0.15) is 11.4 Å². The number of carbonyl (C=O) groups excluding carboxylic acids is 3. The summed E-state index contributed by atoms with van der Waals surface area (Å²) < 4.78 is 5.21. The van der Waals surface area contributed by atoms with Crippen molar-refractivity contribution < 1.29 is 19.1 Å². The first kappa shape index (κ1) is 29.2. The first-order valence-electron chi connectivity index (χ1n) is 13.5. The van der Waals surface area contributed by atoms with Crippen molar-refractivity contribution in [3.63, 3.8) is 0 Å². The molecule has 0 unspecified atom stereocenters. The second-order valence-electron chi connectivity index (χ2n) is 9.53. The molecular weight excluding hydrogens is 558 g/mol. The van der Waals surface area contributed by atoms with Crippen LogP contribution in [0.25, 0.3) is 16.8 Å². The van der Waals surface area contributed by atoms with E-state index in [2.05, 4.69) is 16.0 Å². The number of thioether (sulfide) groups is 1. The van der Waals surface area contributed by atoms with Crippen LogP contribution in [0.4, 0.5) is 11.4 Å². The molecule has 7 nitrogen and oxygen atoms in total. The zero-order valence-electron chi connectivity index (χ0n) is 23.4. The van der Waals surface area contributed by atoms with E-state index in [0.717, 1.165) is 21.4 Å². The summed E-state index contributed by atoms with van der Waals surface area (Å²) in [5.74, 6) is -0.0704. The lowest BCUT2D eigenvalue weighted by Crippen LogP contribution is -2.30. The van der Waals surface area contributed by atoms with E-state index in [0.29, 0.717) is 22.6 Å². The summed E-state index contributed by atoms with van der Waals surface area (Å²) in [6.45, 7) is 0. The highest BCUT2D eigenvalue weighted by atomic mass is 32.2. The molecule has 43 heavy (non-hydrogen) atoms. The molecular formula is C35H29N3O4S. The summed E-state index contributed by atoms with van der Waals surface area (Å²) in [6.07, 6.45) is 1.61. The minimum absolute atomic E-state index is 0.0860. The van der Waals surface area contributed by atoms with Crippen LogP contribution in [0.3, 0.4) is 0 Å². The lowest BCUT2D eigenvalue weighted by atomic mass is 10.1. The molecule has 0 aromatic heterocycles. The van der Waals surface area contributed by atoms with Crippen molar-refractivity contribution >= 4 is 57.7 Å². The van der Waals surface area contributed by atoms with Crippen molar-refractivity contribution in [2.24, 2.45) is 0 Å². The maximum absolute atomic E-state index is 13.3. The number of hydrogen-bond acceptors (Lipinski definition) is 5. The fourth-order valence-electron chi connectivity index (χ4n) is 4.26. The van der Waals surface area contributed by atoms with Crippen LogP contribution in [-0.2, 0) is 9.59 Å². The second-order valence-corrected chi connectivity index (χ2v) is 10.6. The topological polar surface area (TPSA) is 96.5 Å². The Morgan fingerprint density at radius 1 is 0.721 bits per heavy atom. The van der Waals surface area contributed by atoms with Crippen LogP contribution >= 0.6 is 11.8 Å². The number of anilines is 2. The van der Waals surface area contributed by atoms with Crippen molar-refractivity contribution in [2.45, 2.75) is 4.90 Å². The van der Waals surface area contributed by atoms with Gasteiger partial charge in [0.2, 0.25) is 5.91 Å². The highest BCUT2D eigenvalue weighted by Gasteiger charge is 2.15. The molecule has 3 amide bonds. The number of fused-ring (bicyclic) bond motifs is 1. The Morgan fingerprint density at radius 2 is 1.40 bits per heavy atom. The number of hydrogen-bond donors (Lipinski definition) is 3. The van der Waals surface area contributed by atoms with Gasteiger partial charge in [0.15, 0.2) is 0 Å². The Labute approximate surface area is 254 Å². The number of nitrogens with one attached hydrogen (secondary N) is 3. The van der Waals surface area contributed by atoms with Gasteiger partial charge in [-0.3, -0.25) is 14.4 Å². The van der Waals surface area contributed by atoms with Crippen molar-refractivity contribution in [1.29, 1.82) is 0 Å². The molecule has 0 fully saturated rings. The summed E-state index contributed by atoms with van der Waals surface area (Å²) in [6, 6.07) is 36.8. The molecule has 0 radical (unpaired) electrons. The number of amides is 3. The molecule has 5 aromatic carbocycles. The number of benzene rings is 5. The van der Waals surface area contributed by atoms with Crippen LogP contribution in [0.15, 0.2) is 132 Å². The fourth-order valence-corrected chi connectivity index (χ4v) is 4.95. The van der Waals surface area contributed by atoms with Crippen molar-refractivity contribution in [3.05, 3.63) is 138 Å². The quantitative estimate of drug-likeness (QED) is 0.121. The predicted molar refractivity (Wildman–Crippen MR) is 173 cm³/mol. The van der Waals surface area contributed by atoms with E-state index in [-0.39, 0.29) is 17.4 Å². The zero-order chi connectivity index (χ0) is 30.0. The standard InChI is InChI=1S/C35H29N3O4S/c1-42-30-17-11-24(12-18-30)21-32(38-34(40)26-8-3-2-4-9-26)35(41)37-28-15-19-31(20-16-28)43-23-33(39)36-29-14-13-25-7-5-6-10-27(25)22-29/h2-22H,23H2,1H3,(H,36,39)(H,37,41)(H,38,40)/b32-21-. The number of rotatable bonds is 10. The van der Waals surface area contributed by atoms with Crippen LogP contribution in [0, 0.1) is 0 Å². The summed E-state index contributed by atoms with van der Waals surface area (Å²) in [5, 5.41) is 10.7. The smallest absolute Gasteiger partial charge is 0.272 e. The molecule has 3 N–H and O–H groups in total. The van der Waals surface area contributed by atoms with Gasteiger partial charge in [-0.1, -0.05) is 60.7 Å². The highest BCUT2D eigenvalue weighted by molar-refractivity contribution is 8.00. The third-order valence-corrected chi connectivity index (χ3v) is 7.48. The van der Waals surface area contributed by atoms with E-state index in [1.165, 1.54) is 11.8 Å². The van der Waals surface area contributed by atoms with Crippen molar-refractivity contribution in [3.8, 4) is 5.75 Å². The van der Waals surface area contributed by atoms with E-state index in [9.17, 15) is 14.4 Å². The molecule has 0 saturated carbocycles. The van der Waals surface area contributed by atoms with Gasteiger partial charge < -0.3 is 20.7 Å². The van der Waals surface area contributed by atoms with Gasteiger partial charge in [-0.15, -0.1) is 11.8 Å². The first-order valence-corrected chi connectivity index (χ1v) is 14.5. The van der Waals surface area contributed by atoms with Crippen molar-refractivity contribution in [1.82, 2.24) is 5.32 Å². The Balaban J connectivity index is 1.21. The molecule has 0 aliphatic carbocycles. The Morgan fingerprint density at radius 3 is 2.12 bits per heavy atom. The molecule has 0 heterocycles. The minimum atomic E-state index is -0.477. The lowest BCUT2D eigenvalue weighted by molar-refractivity contribution is -0.114. The Hall–Kier alpha value is -5.34. The third-order valence-electron chi connectivity index (χ3n) is 6.47. The zero-order valence-corrected chi connectivity index (χ0v) is 24.2. The SMILES string of the molecule is COc1ccc(/C=C(\NC(=O)c2ccccc2)C(=O)Nc2ccc(SCC(=O)Nc3ccc4ccccc4c3)cc2)cc1. The van der Waals surface area contributed by atoms with Gasteiger partial charge in [0.25, 0.3) is 11.8 Å². The lowest BCUT2D eigenvalue weighted by Gasteiger charge is -2.12. The molecule has 0 aliphatic rings. The average molecular weight is 588 g/mol.